The Balaban J connectivity index is 1.88. The zero-order valence-electron chi connectivity index (χ0n) is 12.1. The van der Waals surface area contributed by atoms with E-state index in [1.165, 1.54) is 10.6 Å². The fraction of sp³-hybridized carbons (Fsp3) is 0.125. The second kappa shape index (κ2) is 6.89. The van der Waals surface area contributed by atoms with Crippen LogP contribution in [0.5, 0.6) is 5.75 Å². The molecule has 0 spiro atoms. The molecule has 5 nitrogen and oxygen atoms in total. The van der Waals surface area contributed by atoms with Gasteiger partial charge in [0.2, 0.25) is 0 Å². The Labute approximate surface area is 150 Å². The molecule has 2 aromatic carbocycles. The van der Waals surface area contributed by atoms with Crippen molar-refractivity contribution >= 4 is 45.7 Å². The minimum atomic E-state index is -0.762. The molecule has 0 saturated heterocycles. The van der Waals surface area contributed by atoms with E-state index >= 15 is 0 Å². The lowest BCUT2D eigenvalue weighted by Crippen LogP contribution is -2.27. The van der Waals surface area contributed by atoms with Crippen LogP contribution in [-0.4, -0.2) is 11.2 Å². The van der Waals surface area contributed by atoms with E-state index in [1.807, 2.05) is 0 Å². The van der Waals surface area contributed by atoms with E-state index < -0.39 is 11.4 Å². The summed E-state index contributed by atoms with van der Waals surface area (Å²) in [7, 11) is 0. The van der Waals surface area contributed by atoms with Crippen LogP contribution in [0.15, 0.2) is 50.4 Å². The van der Waals surface area contributed by atoms with Crippen LogP contribution in [0, 0.1) is 0 Å². The van der Waals surface area contributed by atoms with Gasteiger partial charge in [-0.3, -0.25) is 4.57 Å². The van der Waals surface area contributed by atoms with Gasteiger partial charge in [0, 0.05) is 15.1 Å². The van der Waals surface area contributed by atoms with Gasteiger partial charge in [-0.15, -0.1) is 0 Å². The van der Waals surface area contributed by atoms with Crippen LogP contribution in [0.4, 0.5) is 0 Å². The summed E-state index contributed by atoms with van der Waals surface area (Å²) >= 11 is 17.7. The Kier molecular flexibility index (Phi) is 4.85. The maximum absolute atomic E-state index is 12.0. The van der Waals surface area contributed by atoms with Gasteiger partial charge in [0.25, 0.3) is 0 Å². The Bertz CT molecular complexity index is 1010. The van der Waals surface area contributed by atoms with Crippen LogP contribution in [0.2, 0.25) is 15.1 Å². The van der Waals surface area contributed by atoms with Crippen LogP contribution in [0.1, 0.15) is 0 Å². The Morgan fingerprint density at radius 1 is 0.958 bits per heavy atom. The number of nitrogens with zero attached hydrogens (tertiary/aromatic N) is 1. The van der Waals surface area contributed by atoms with Gasteiger partial charge in [-0.25, -0.2) is 9.59 Å². The molecule has 8 heteroatoms. The Morgan fingerprint density at radius 3 is 2.38 bits per heavy atom. The highest BCUT2D eigenvalue weighted by Gasteiger charge is 2.10. The van der Waals surface area contributed by atoms with E-state index in [1.54, 1.807) is 30.3 Å². The lowest BCUT2D eigenvalue weighted by Gasteiger charge is -2.10. The number of hydrogen-bond acceptors (Lipinski definition) is 4. The monoisotopic (exact) mass is 385 g/mol. The van der Waals surface area contributed by atoms with Gasteiger partial charge in [0.1, 0.15) is 12.4 Å². The van der Waals surface area contributed by atoms with Crippen LogP contribution in [-0.2, 0) is 6.54 Å². The minimum absolute atomic E-state index is 0.155. The maximum Gasteiger partial charge on any atom is 0.422 e. The van der Waals surface area contributed by atoms with E-state index in [-0.39, 0.29) is 18.5 Å². The topological polar surface area (TPSA) is 61.4 Å². The molecule has 0 atom stereocenters. The van der Waals surface area contributed by atoms with Crippen molar-refractivity contribution in [2.75, 3.05) is 6.61 Å². The molecule has 3 rings (SSSR count). The second-order valence-corrected chi connectivity index (χ2v) is 6.23. The van der Waals surface area contributed by atoms with Crippen LogP contribution >= 0.6 is 34.8 Å². The first kappa shape index (κ1) is 16.9. The highest BCUT2D eigenvalue weighted by molar-refractivity contribution is 6.34. The van der Waals surface area contributed by atoms with Gasteiger partial charge in [0.05, 0.1) is 17.4 Å². The van der Waals surface area contributed by atoms with Crippen molar-refractivity contribution < 1.29 is 9.15 Å². The summed E-state index contributed by atoms with van der Waals surface area (Å²) in [6, 6.07) is 9.45. The molecule has 0 saturated carbocycles. The lowest BCUT2D eigenvalue weighted by molar-refractivity contribution is 0.287. The summed E-state index contributed by atoms with van der Waals surface area (Å²) < 4.78 is 11.6. The summed E-state index contributed by atoms with van der Waals surface area (Å²) in [6.07, 6.45) is 0. The molecule has 1 heterocycles. The first-order valence-electron chi connectivity index (χ1n) is 6.86. The van der Waals surface area contributed by atoms with Crippen molar-refractivity contribution in [2.24, 2.45) is 0 Å². The third-order valence-corrected chi connectivity index (χ3v) is 3.96. The molecule has 124 valence electrons. The molecule has 0 unspecified atom stereocenters. The van der Waals surface area contributed by atoms with Crippen molar-refractivity contribution in [1.29, 1.82) is 0 Å². The highest BCUT2D eigenvalue weighted by atomic mass is 35.5. The van der Waals surface area contributed by atoms with Crippen LogP contribution in [0.25, 0.3) is 10.9 Å². The molecule has 0 aliphatic carbocycles. The van der Waals surface area contributed by atoms with Gasteiger partial charge in [0.15, 0.2) is 0 Å². The molecule has 0 radical (unpaired) electrons. The zero-order valence-corrected chi connectivity index (χ0v) is 14.4. The highest BCUT2D eigenvalue weighted by Crippen LogP contribution is 2.24. The summed E-state index contributed by atoms with van der Waals surface area (Å²) in [5.74, 6) is -0.284. The van der Waals surface area contributed by atoms with E-state index in [0.717, 1.165) is 0 Å². The predicted molar refractivity (Wildman–Crippen MR) is 93.7 cm³/mol. The number of hydrogen-bond donors (Lipinski definition) is 0. The van der Waals surface area contributed by atoms with Crippen molar-refractivity contribution in [1.82, 2.24) is 4.57 Å². The standard InChI is InChI=1S/C16H10Cl3NO4/c17-9-1-2-14-13(8-9)15(21)24-16(22)20(14)3-4-23-12-6-10(18)5-11(19)7-12/h1-2,5-8H,3-4H2. The number of halogens is 3. The number of benzene rings is 2. The quantitative estimate of drug-likeness (QED) is 0.680. The first-order chi connectivity index (χ1) is 11.4. The molecule has 0 amide bonds. The van der Waals surface area contributed by atoms with E-state index in [0.29, 0.717) is 26.3 Å². The number of aromatic nitrogens is 1. The van der Waals surface area contributed by atoms with Crippen LogP contribution in [0.3, 0.4) is 0 Å². The normalized spacial score (nSPS) is 11.0. The third kappa shape index (κ3) is 3.59. The molecule has 0 aliphatic heterocycles. The molecule has 3 aromatic rings. The molecule has 0 fully saturated rings. The first-order valence-corrected chi connectivity index (χ1v) is 7.99. The summed E-state index contributed by atoms with van der Waals surface area (Å²) in [5, 5.41) is 1.50. The number of fused-ring (bicyclic) bond motifs is 1. The third-order valence-electron chi connectivity index (χ3n) is 3.29. The van der Waals surface area contributed by atoms with Crippen molar-refractivity contribution in [3.8, 4) is 5.75 Å². The summed E-state index contributed by atoms with van der Waals surface area (Å²) in [6.45, 7) is 0.326. The smallest absolute Gasteiger partial charge is 0.422 e. The Morgan fingerprint density at radius 2 is 1.67 bits per heavy atom. The molecule has 1 aromatic heterocycles. The van der Waals surface area contributed by atoms with Crippen LogP contribution < -0.4 is 16.1 Å². The van der Waals surface area contributed by atoms with Crippen molar-refractivity contribution in [2.45, 2.75) is 6.54 Å². The summed E-state index contributed by atoms with van der Waals surface area (Å²) in [4.78, 5) is 23.7. The van der Waals surface area contributed by atoms with Gasteiger partial charge in [-0.2, -0.15) is 0 Å². The van der Waals surface area contributed by atoms with E-state index in [9.17, 15) is 9.59 Å². The SMILES string of the molecule is O=c1oc(=O)n(CCOc2cc(Cl)cc(Cl)c2)c2ccc(Cl)cc12. The Hall–Kier alpha value is -1.95. The summed E-state index contributed by atoms with van der Waals surface area (Å²) in [5.41, 5.74) is -0.301. The van der Waals surface area contributed by atoms with Gasteiger partial charge in [-0.1, -0.05) is 34.8 Å². The fourth-order valence-corrected chi connectivity index (χ4v) is 2.95. The molecule has 0 bridgehead atoms. The number of rotatable bonds is 4. The van der Waals surface area contributed by atoms with E-state index in [2.05, 4.69) is 0 Å². The molecular weight excluding hydrogens is 377 g/mol. The average Bonchev–Trinajstić information content (AvgIpc) is 2.50. The lowest BCUT2D eigenvalue weighted by atomic mass is 10.2. The number of ether oxygens (including phenoxy) is 1. The van der Waals surface area contributed by atoms with Crippen molar-refractivity contribution in [3.05, 3.63) is 72.4 Å². The molecule has 24 heavy (non-hydrogen) atoms. The second-order valence-electron chi connectivity index (χ2n) is 4.92. The molecule has 0 aliphatic rings. The van der Waals surface area contributed by atoms with Gasteiger partial charge >= 0.3 is 11.4 Å². The van der Waals surface area contributed by atoms with Gasteiger partial charge in [-0.05, 0) is 36.4 Å². The maximum atomic E-state index is 12.0. The largest absolute Gasteiger partial charge is 0.492 e. The van der Waals surface area contributed by atoms with E-state index in [4.69, 9.17) is 44.0 Å². The van der Waals surface area contributed by atoms with Crippen molar-refractivity contribution in [3.63, 3.8) is 0 Å². The fourth-order valence-electron chi connectivity index (χ4n) is 2.27. The predicted octanol–water partition coefficient (Wildman–Crippen LogP) is 3.99. The van der Waals surface area contributed by atoms with Gasteiger partial charge < -0.3 is 9.15 Å². The molecule has 0 N–H and O–H groups in total. The average molecular weight is 387 g/mol. The minimum Gasteiger partial charge on any atom is -0.492 e. The zero-order chi connectivity index (χ0) is 17.3. The molecular formula is C16H10Cl3NO4.